The van der Waals surface area contributed by atoms with Crippen molar-refractivity contribution in [2.75, 3.05) is 20.1 Å². The Morgan fingerprint density at radius 1 is 1.17 bits per heavy atom. The van der Waals surface area contributed by atoms with Gasteiger partial charge in [-0.3, -0.25) is 4.90 Å². The molecule has 0 spiro atoms. The molecule has 1 aromatic carbocycles. The fourth-order valence-corrected chi connectivity index (χ4v) is 2.66. The number of hydrogen-bond donors (Lipinski definition) is 2. The molecule has 0 aliphatic carbocycles. The van der Waals surface area contributed by atoms with Crippen LogP contribution in [0.2, 0.25) is 0 Å². The number of benzene rings is 1. The molecule has 1 amide bonds. The summed E-state index contributed by atoms with van der Waals surface area (Å²) in [6.45, 7) is 7.69. The Labute approximate surface area is 143 Å². The Balaban J connectivity index is 1.87. The molecule has 0 saturated carbocycles. The van der Waals surface area contributed by atoms with Gasteiger partial charge in [0, 0.05) is 33.2 Å². The molecule has 24 heavy (non-hydrogen) atoms. The van der Waals surface area contributed by atoms with Crippen LogP contribution in [0.3, 0.4) is 0 Å². The van der Waals surface area contributed by atoms with Crippen LogP contribution in [-0.4, -0.2) is 64.1 Å². The number of carbonyl (C=O) groups excluding carboxylic acids is 1. The van der Waals surface area contributed by atoms with Gasteiger partial charge in [0.25, 0.3) is 0 Å². The molecule has 1 aromatic rings. The number of nitrogens with zero attached hydrogens (tertiary/aromatic N) is 2. The van der Waals surface area contributed by atoms with Crippen molar-refractivity contribution in [3.63, 3.8) is 0 Å². The average molecular weight is 336 g/mol. The Morgan fingerprint density at radius 3 is 2.17 bits per heavy atom. The highest BCUT2D eigenvalue weighted by Crippen LogP contribution is 2.16. The molecule has 0 radical (unpaired) electrons. The van der Waals surface area contributed by atoms with E-state index in [4.69, 9.17) is 4.74 Å². The molecule has 134 valence electrons. The van der Waals surface area contributed by atoms with E-state index in [1.165, 1.54) is 0 Å². The van der Waals surface area contributed by atoms with E-state index in [-0.39, 0.29) is 6.09 Å². The van der Waals surface area contributed by atoms with Crippen molar-refractivity contribution < 1.29 is 19.7 Å². The van der Waals surface area contributed by atoms with Gasteiger partial charge in [0.15, 0.2) is 0 Å². The molecular weight excluding hydrogens is 308 g/mol. The van der Waals surface area contributed by atoms with Gasteiger partial charge in [-0.15, -0.1) is 0 Å². The molecule has 0 aromatic heterocycles. The normalized spacial score (nSPS) is 21.8. The van der Waals surface area contributed by atoms with Crippen molar-refractivity contribution in [1.29, 1.82) is 0 Å². The van der Waals surface area contributed by atoms with Gasteiger partial charge in [-0.2, -0.15) is 0 Å². The highest BCUT2D eigenvalue weighted by atomic mass is 16.6. The maximum absolute atomic E-state index is 12.0. The van der Waals surface area contributed by atoms with Crippen molar-refractivity contribution in [2.24, 2.45) is 0 Å². The van der Waals surface area contributed by atoms with Gasteiger partial charge in [0.05, 0.1) is 12.2 Å². The van der Waals surface area contributed by atoms with E-state index >= 15 is 0 Å². The molecule has 1 heterocycles. The van der Waals surface area contributed by atoms with Crippen LogP contribution in [0.25, 0.3) is 0 Å². The average Bonchev–Trinajstić information content (AvgIpc) is 2.77. The lowest BCUT2D eigenvalue weighted by Gasteiger charge is -2.24. The minimum absolute atomic E-state index is 0.341. The first-order valence-corrected chi connectivity index (χ1v) is 8.24. The Kier molecular flexibility index (Phi) is 5.85. The summed E-state index contributed by atoms with van der Waals surface area (Å²) in [4.78, 5) is 15.5. The number of ether oxygens (including phenoxy) is 1. The van der Waals surface area contributed by atoms with Crippen LogP contribution in [0.1, 0.15) is 31.9 Å². The molecule has 1 fully saturated rings. The highest BCUT2D eigenvalue weighted by molar-refractivity contribution is 5.67. The van der Waals surface area contributed by atoms with E-state index in [0.29, 0.717) is 26.2 Å². The summed E-state index contributed by atoms with van der Waals surface area (Å²) >= 11 is 0. The van der Waals surface area contributed by atoms with Crippen LogP contribution < -0.4 is 0 Å². The third kappa shape index (κ3) is 5.47. The largest absolute Gasteiger partial charge is 0.444 e. The number of aliphatic hydroxyl groups is 2. The van der Waals surface area contributed by atoms with E-state index in [1.807, 2.05) is 49.9 Å². The maximum Gasteiger partial charge on any atom is 0.410 e. The number of carbonyl (C=O) groups is 1. The van der Waals surface area contributed by atoms with Crippen LogP contribution >= 0.6 is 0 Å². The molecule has 2 N–H and O–H groups in total. The van der Waals surface area contributed by atoms with Crippen molar-refractivity contribution >= 4 is 6.09 Å². The molecule has 2 atom stereocenters. The van der Waals surface area contributed by atoms with Crippen LogP contribution in [0.15, 0.2) is 24.3 Å². The van der Waals surface area contributed by atoms with Gasteiger partial charge in [-0.05, 0) is 31.9 Å². The SMILES string of the molecule is CN(Cc1ccc(CN2CC(O)C(O)C2)cc1)C(=O)OC(C)(C)C. The molecule has 6 heteroatoms. The number of β-amino-alcohol motifs (C(OH)–C–C–N with tert-alkyl or cyclic N) is 2. The fraction of sp³-hybridized carbons (Fsp3) is 0.611. The number of likely N-dealkylation sites (tertiary alicyclic amines) is 1. The zero-order valence-corrected chi connectivity index (χ0v) is 14.9. The van der Waals surface area contributed by atoms with Gasteiger partial charge in [0.1, 0.15) is 5.60 Å². The summed E-state index contributed by atoms with van der Waals surface area (Å²) in [6.07, 6.45) is -1.66. The molecule has 1 aliphatic heterocycles. The van der Waals surface area contributed by atoms with E-state index < -0.39 is 17.8 Å². The second-order valence-corrected chi connectivity index (χ2v) is 7.48. The Hall–Kier alpha value is -1.63. The van der Waals surface area contributed by atoms with Gasteiger partial charge in [-0.25, -0.2) is 4.79 Å². The number of hydrogen-bond acceptors (Lipinski definition) is 5. The van der Waals surface area contributed by atoms with Crippen LogP contribution in [0.5, 0.6) is 0 Å². The maximum atomic E-state index is 12.0. The number of amides is 1. The first kappa shape index (κ1) is 18.7. The van der Waals surface area contributed by atoms with Crippen LogP contribution in [0, 0.1) is 0 Å². The zero-order valence-electron chi connectivity index (χ0n) is 14.9. The smallest absolute Gasteiger partial charge is 0.410 e. The Morgan fingerprint density at radius 2 is 1.67 bits per heavy atom. The summed E-state index contributed by atoms with van der Waals surface area (Å²) in [5.41, 5.74) is 1.63. The molecular formula is C18H28N2O4. The van der Waals surface area contributed by atoms with Crippen molar-refractivity contribution in [3.8, 4) is 0 Å². The number of aliphatic hydroxyl groups excluding tert-OH is 2. The standard InChI is InChI=1S/C18H28N2O4/c1-18(2,3)24-17(23)19(4)9-13-5-7-14(8-6-13)10-20-11-15(21)16(22)12-20/h5-8,15-16,21-22H,9-12H2,1-4H3. The monoisotopic (exact) mass is 336 g/mol. The van der Waals surface area contributed by atoms with Gasteiger partial charge >= 0.3 is 6.09 Å². The van der Waals surface area contributed by atoms with Gasteiger partial charge in [0.2, 0.25) is 0 Å². The van der Waals surface area contributed by atoms with Crippen molar-refractivity contribution in [2.45, 2.75) is 51.7 Å². The first-order valence-electron chi connectivity index (χ1n) is 8.24. The molecule has 0 bridgehead atoms. The summed E-state index contributed by atoms with van der Waals surface area (Å²) < 4.78 is 5.34. The van der Waals surface area contributed by atoms with Crippen molar-refractivity contribution in [3.05, 3.63) is 35.4 Å². The third-order valence-corrected chi connectivity index (χ3v) is 3.89. The van der Waals surface area contributed by atoms with Gasteiger partial charge in [-0.1, -0.05) is 24.3 Å². The third-order valence-electron chi connectivity index (χ3n) is 3.89. The van der Waals surface area contributed by atoms with Crippen LogP contribution in [0.4, 0.5) is 4.79 Å². The molecule has 1 aliphatic rings. The summed E-state index contributed by atoms with van der Waals surface area (Å²) in [6, 6.07) is 7.99. The van der Waals surface area contributed by atoms with Crippen LogP contribution in [-0.2, 0) is 17.8 Å². The molecule has 2 unspecified atom stereocenters. The Bertz CT molecular complexity index is 543. The number of rotatable bonds is 4. The predicted molar refractivity (Wildman–Crippen MR) is 91.4 cm³/mol. The summed E-state index contributed by atoms with van der Waals surface area (Å²) in [5.74, 6) is 0. The van der Waals surface area contributed by atoms with Crippen molar-refractivity contribution in [1.82, 2.24) is 9.80 Å². The lowest BCUT2D eigenvalue weighted by atomic mass is 10.1. The van der Waals surface area contributed by atoms with Gasteiger partial charge < -0.3 is 19.8 Å². The lowest BCUT2D eigenvalue weighted by Crippen LogP contribution is -2.33. The van der Waals surface area contributed by atoms with E-state index in [2.05, 4.69) is 0 Å². The van der Waals surface area contributed by atoms with E-state index in [9.17, 15) is 15.0 Å². The van der Waals surface area contributed by atoms with E-state index in [0.717, 1.165) is 11.1 Å². The first-order chi connectivity index (χ1) is 11.1. The highest BCUT2D eigenvalue weighted by Gasteiger charge is 2.29. The van der Waals surface area contributed by atoms with E-state index in [1.54, 1.807) is 11.9 Å². The minimum Gasteiger partial charge on any atom is -0.444 e. The second kappa shape index (κ2) is 7.51. The second-order valence-electron chi connectivity index (χ2n) is 7.48. The quantitative estimate of drug-likeness (QED) is 0.873. The lowest BCUT2D eigenvalue weighted by molar-refractivity contribution is 0.0285. The zero-order chi connectivity index (χ0) is 17.9. The fourth-order valence-electron chi connectivity index (χ4n) is 2.66. The summed E-state index contributed by atoms with van der Waals surface area (Å²) in [7, 11) is 1.72. The molecule has 1 saturated heterocycles. The molecule has 2 rings (SSSR count). The summed E-state index contributed by atoms with van der Waals surface area (Å²) in [5, 5.41) is 19.2. The minimum atomic E-state index is -0.660. The topological polar surface area (TPSA) is 73.2 Å². The predicted octanol–water partition coefficient (Wildman–Crippen LogP) is 1.59. The molecule has 6 nitrogen and oxygen atoms in total.